The third kappa shape index (κ3) is 4.04. The van der Waals surface area contributed by atoms with Gasteiger partial charge in [0.15, 0.2) is 0 Å². The molecule has 0 atom stereocenters. The van der Waals surface area contributed by atoms with Crippen molar-refractivity contribution in [2.75, 3.05) is 22.4 Å². The van der Waals surface area contributed by atoms with E-state index in [0.717, 1.165) is 27.2 Å². The van der Waals surface area contributed by atoms with Crippen molar-refractivity contribution < 1.29 is 13.2 Å². The second kappa shape index (κ2) is 7.40. The Bertz CT molecular complexity index is 1270. The number of rotatable bonds is 5. The Morgan fingerprint density at radius 2 is 1.69 bits per heavy atom. The summed E-state index contributed by atoms with van der Waals surface area (Å²) in [6.07, 6.45) is 1.07. The second-order valence-corrected chi connectivity index (χ2v) is 9.12. The number of imidazole rings is 1. The summed E-state index contributed by atoms with van der Waals surface area (Å²) in [6.45, 7) is 3.37. The molecular weight excluding hydrogens is 392 g/mol. The van der Waals surface area contributed by atoms with Gasteiger partial charge >= 0.3 is 5.69 Å². The minimum absolute atomic E-state index is 0.165. The molecule has 0 aliphatic carbocycles. The molecule has 154 valence electrons. The Morgan fingerprint density at radius 3 is 2.31 bits per heavy atom. The van der Waals surface area contributed by atoms with Crippen molar-refractivity contribution in [2.24, 2.45) is 14.1 Å². The fraction of sp³-hybridized carbons (Fsp3) is 0.300. The number of aromatic nitrogens is 2. The van der Waals surface area contributed by atoms with Crippen LogP contribution in [0.15, 0.2) is 41.2 Å². The Morgan fingerprint density at radius 1 is 1.03 bits per heavy atom. The smallest absolute Gasteiger partial charge is 0.324 e. The van der Waals surface area contributed by atoms with Crippen LogP contribution >= 0.6 is 0 Å². The molecule has 0 unspecified atom stereocenters. The summed E-state index contributed by atoms with van der Waals surface area (Å²) >= 11 is 0. The standard InChI is InChI=1S/C20H24N4O4S/c1-13-6-8-16(14(2)10-13)24(29(5,27)28)12-19(25)21-15-7-9-17-18(11-15)23(4)20(26)22(17)3/h6-11H,12H2,1-5H3,(H,21,25). The number of benzene rings is 2. The summed E-state index contributed by atoms with van der Waals surface area (Å²) in [5.41, 5.74) is 3.97. The molecule has 1 amide bonds. The SMILES string of the molecule is Cc1ccc(N(CC(=O)Nc2ccc3c(c2)n(C)c(=O)n3C)S(C)(=O)=O)c(C)c1. The molecule has 29 heavy (non-hydrogen) atoms. The molecule has 1 heterocycles. The average molecular weight is 417 g/mol. The van der Waals surface area contributed by atoms with E-state index in [1.54, 1.807) is 38.4 Å². The van der Waals surface area contributed by atoms with Gasteiger partial charge in [-0.15, -0.1) is 0 Å². The third-order valence-corrected chi connectivity index (χ3v) is 5.99. The number of hydrogen-bond acceptors (Lipinski definition) is 4. The molecule has 0 aliphatic heterocycles. The second-order valence-electron chi connectivity index (χ2n) is 7.21. The van der Waals surface area contributed by atoms with E-state index >= 15 is 0 Å². The van der Waals surface area contributed by atoms with Crippen LogP contribution in [0.25, 0.3) is 11.0 Å². The summed E-state index contributed by atoms with van der Waals surface area (Å²) in [5.74, 6) is -0.476. The minimum Gasteiger partial charge on any atom is -0.324 e. The maximum Gasteiger partial charge on any atom is 0.328 e. The molecule has 9 heteroatoms. The highest BCUT2D eigenvalue weighted by Gasteiger charge is 2.22. The predicted molar refractivity (Wildman–Crippen MR) is 115 cm³/mol. The van der Waals surface area contributed by atoms with Crippen LogP contribution < -0.4 is 15.3 Å². The van der Waals surface area contributed by atoms with E-state index in [1.807, 2.05) is 26.0 Å². The van der Waals surface area contributed by atoms with E-state index in [9.17, 15) is 18.0 Å². The summed E-state index contributed by atoms with van der Waals surface area (Å²) < 4.78 is 28.7. The number of aryl methyl sites for hydroxylation is 4. The number of carbonyl (C=O) groups is 1. The van der Waals surface area contributed by atoms with Crippen molar-refractivity contribution in [3.8, 4) is 0 Å². The first-order valence-corrected chi connectivity index (χ1v) is 10.8. The number of carbonyl (C=O) groups excluding carboxylic acids is 1. The molecule has 0 bridgehead atoms. The first-order valence-electron chi connectivity index (χ1n) is 8.99. The monoisotopic (exact) mass is 416 g/mol. The number of hydrogen-bond donors (Lipinski definition) is 1. The van der Waals surface area contributed by atoms with Gasteiger partial charge in [0.05, 0.1) is 23.0 Å². The number of amides is 1. The zero-order valence-corrected chi connectivity index (χ0v) is 17.9. The van der Waals surface area contributed by atoms with E-state index in [4.69, 9.17) is 0 Å². The van der Waals surface area contributed by atoms with Gasteiger partial charge in [0.1, 0.15) is 6.54 Å². The van der Waals surface area contributed by atoms with Crippen LogP contribution in [-0.2, 0) is 28.9 Å². The van der Waals surface area contributed by atoms with Gasteiger partial charge in [-0.3, -0.25) is 18.2 Å². The molecule has 2 aromatic carbocycles. The Balaban J connectivity index is 1.88. The molecule has 3 rings (SSSR count). The summed E-state index contributed by atoms with van der Waals surface area (Å²) in [6, 6.07) is 10.5. The van der Waals surface area contributed by atoms with Gasteiger partial charge in [0.25, 0.3) is 0 Å². The fourth-order valence-electron chi connectivity index (χ4n) is 3.38. The average Bonchev–Trinajstić information content (AvgIpc) is 2.83. The van der Waals surface area contributed by atoms with Crippen molar-refractivity contribution in [1.29, 1.82) is 0 Å². The van der Waals surface area contributed by atoms with Gasteiger partial charge in [-0.1, -0.05) is 17.7 Å². The van der Waals surface area contributed by atoms with Crippen molar-refractivity contribution >= 4 is 38.3 Å². The van der Waals surface area contributed by atoms with Crippen molar-refractivity contribution in [2.45, 2.75) is 13.8 Å². The molecule has 0 spiro atoms. The maximum absolute atomic E-state index is 12.6. The van der Waals surface area contributed by atoms with Crippen LogP contribution in [0.4, 0.5) is 11.4 Å². The van der Waals surface area contributed by atoms with Gasteiger partial charge in [0, 0.05) is 19.8 Å². The Hall–Kier alpha value is -3.07. The largest absolute Gasteiger partial charge is 0.328 e. The molecule has 0 aliphatic rings. The van der Waals surface area contributed by atoms with Crippen molar-refractivity contribution in [1.82, 2.24) is 9.13 Å². The van der Waals surface area contributed by atoms with Crippen LogP contribution in [0.1, 0.15) is 11.1 Å². The van der Waals surface area contributed by atoms with Crippen LogP contribution in [0, 0.1) is 13.8 Å². The van der Waals surface area contributed by atoms with Crippen LogP contribution in [-0.4, -0.2) is 36.3 Å². The normalized spacial score (nSPS) is 11.6. The first-order chi connectivity index (χ1) is 13.5. The zero-order valence-electron chi connectivity index (χ0n) is 17.1. The van der Waals surface area contributed by atoms with Gasteiger partial charge < -0.3 is 5.32 Å². The molecule has 0 saturated carbocycles. The first kappa shape index (κ1) is 20.7. The van der Waals surface area contributed by atoms with Crippen LogP contribution in [0.2, 0.25) is 0 Å². The lowest BCUT2D eigenvalue weighted by Gasteiger charge is -2.24. The number of nitrogens with one attached hydrogen (secondary N) is 1. The molecule has 0 saturated heterocycles. The highest BCUT2D eigenvalue weighted by molar-refractivity contribution is 7.92. The number of fused-ring (bicyclic) bond motifs is 1. The van der Waals surface area contributed by atoms with Crippen LogP contribution in [0.5, 0.6) is 0 Å². The summed E-state index contributed by atoms with van der Waals surface area (Å²) in [7, 11) is -0.329. The zero-order chi connectivity index (χ0) is 21.5. The van der Waals surface area contributed by atoms with E-state index in [1.165, 1.54) is 9.13 Å². The highest BCUT2D eigenvalue weighted by Crippen LogP contribution is 2.24. The summed E-state index contributed by atoms with van der Waals surface area (Å²) in [5, 5.41) is 2.72. The molecule has 8 nitrogen and oxygen atoms in total. The molecule has 0 fully saturated rings. The fourth-order valence-corrected chi connectivity index (χ4v) is 4.30. The molecular formula is C20H24N4O4S. The van der Waals surface area contributed by atoms with Crippen molar-refractivity contribution in [3.05, 3.63) is 58.0 Å². The van der Waals surface area contributed by atoms with Gasteiger partial charge in [0.2, 0.25) is 15.9 Å². The Labute approximate surface area is 169 Å². The van der Waals surface area contributed by atoms with Gasteiger partial charge in [-0.05, 0) is 43.7 Å². The van der Waals surface area contributed by atoms with E-state index in [0.29, 0.717) is 16.9 Å². The quantitative estimate of drug-likeness (QED) is 0.687. The maximum atomic E-state index is 12.6. The number of sulfonamides is 1. The number of anilines is 2. The van der Waals surface area contributed by atoms with Gasteiger partial charge in [-0.25, -0.2) is 13.2 Å². The summed E-state index contributed by atoms with van der Waals surface area (Å²) in [4.78, 5) is 24.7. The molecule has 1 N–H and O–H groups in total. The lowest BCUT2D eigenvalue weighted by molar-refractivity contribution is -0.114. The van der Waals surface area contributed by atoms with Crippen molar-refractivity contribution in [3.63, 3.8) is 0 Å². The lowest BCUT2D eigenvalue weighted by atomic mass is 10.1. The Kier molecular flexibility index (Phi) is 5.27. The van der Waals surface area contributed by atoms with E-state index < -0.39 is 15.9 Å². The van der Waals surface area contributed by atoms with E-state index in [-0.39, 0.29) is 12.2 Å². The predicted octanol–water partition coefficient (Wildman–Crippen LogP) is 1.90. The third-order valence-electron chi connectivity index (χ3n) is 4.86. The molecule has 1 aromatic heterocycles. The number of nitrogens with zero attached hydrogens (tertiary/aromatic N) is 3. The van der Waals surface area contributed by atoms with E-state index in [2.05, 4.69) is 5.32 Å². The topological polar surface area (TPSA) is 93.4 Å². The molecule has 3 aromatic rings. The minimum atomic E-state index is -3.66. The van der Waals surface area contributed by atoms with Gasteiger partial charge in [-0.2, -0.15) is 0 Å². The lowest BCUT2D eigenvalue weighted by Crippen LogP contribution is -2.37. The van der Waals surface area contributed by atoms with Crippen LogP contribution in [0.3, 0.4) is 0 Å². The highest BCUT2D eigenvalue weighted by atomic mass is 32.2. The molecule has 0 radical (unpaired) electrons.